The van der Waals surface area contributed by atoms with E-state index < -0.39 is 16.9 Å². The van der Waals surface area contributed by atoms with Crippen molar-refractivity contribution >= 4 is 11.6 Å². The van der Waals surface area contributed by atoms with Crippen LogP contribution in [0.1, 0.15) is 34.6 Å². The molecule has 0 aliphatic carbocycles. The Kier molecular flexibility index (Phi) is 4.98. The highest BCUT2D eigenvalue weighted by atomic mass is 19.1. The second-order valence-corrected chi connectivity index (χ2v) is 6.04. The van der Waals surface area contributed by atoms with Crippen LogP contribution in [0.25, 0.3) is 5.69 Å². The lowest BCUT2D eigenvalue weighted by Crippen LogP contribution is -2.27. The third-order valence-electron chi connectivity index (χ3n) is 4.28. The molecule has 1 heterocycles. The van der Waals surface area contributed by atoms with Crippen LogP contribution in [0.5, 0.6) is 0 Å². The summed E-state index contributed by atoms with van der Waals surface area (Å²) in [4.78, 5) is 23.0. The van der Waals surface area contributed by atoms with Gasteiger partial charge >= 0.3 is 0 Å². The van der Waals surface area contributed by atoms with E-state index in [-0.39, 0.29) is 17.1 Å². The van der Waals surface area contributed by atoms with Crippen molar-refractivity contribution < 1.29 is 14.1 Å². The Labute approximate surface area is 154 Å². The number of amides is 1. The summed E-state index contributed by atoms with van der Waals surface area (Å²) in [6.45, 7) is 3.60. The van der Waals surface area contributed by atoms with Gasteiger partial charge in [0.2, 0.25) is 0 Å². The van der Waals surface area contributed by atoms with E-state index >= 15 is 0 Å². The molecule has 0 saturated heterocycles. The van der Waals surface area contributed by atoms with E-state index in [0.29, 0.717) is 5.69 Å². The maximum Gasteiger partial charge on any atom is 0.282 e. The van der Waals surface area contributed by atoms with Gasteiger partial charge in [-0.25, -0.2) is 9.07 Å². The van der Waals surface area contributed by atoms with E-state index in [4.69, 9.17) is 0 Å². The van der Waals surface area contributed by atoms with Gasteiger partial charge in [-0.3, -0.25) is 14.9 Å². The van der Waals surface area contributed by atoms with E-state index in [1.807, 2.05) is 6.92 Å². The lowest BCUT2D eigenvalue weighted by atomic mass is 10.1. The van der Waals surface area contributed by atoms with Crippen molar-refractivity contribution in [2.45, 2.75) is 19.9 Å². The van der Waals surface area contributed by atoms with Gasteiger partial charge in [-0.05, 0) is 44.2 Å². The van der Waals surface area contributed by atoms with Crippen molar-refractivity contribution in [1.82, 2.24) is 15.1 Å². The first-order valence-corrected chi connectivity index (χ1v) is 8.23. The van der Waals surface area contributed by atoms with Gasteiger partial charge in [0.1, 0.15) is 11.4 Å². The molecule has 1 atom stereocenters. The predicted molar refractivity (Wildman–Crippen MR) is 97.2 cm³/mol. The Morgan fingerprint density at radius 3 is 2.56 bits per heavy atom. The van der Waals surface area contributed by atoms with Crippen molar-refractivity contribution in [2.75, 3.05) is 0 Å². The fourth-order valence-corrected chi connectivity index (χ4v) is 2.87. The van der Waals surface area contributed by atoms with Crippen LogP contribution in [0.2, 0.25) is 0 Å². The molecule has 0 aliphatic heterocycles. The summed E-state index contributed by atoms with van der Waals surface area (Å²) in [5, 5.41) is 18.2. The topological polar surface area (TPSA) is 90.1 Å². The van der Waals surface area contributed by atoms with E-state index in [9.17, 15) is 19.3 Å². The van der Waals surface area contributed by atoms with Gasteiger partial charge in [0.15, 0.2) is 0 Å². The first-order valence-electron chi connectivity index (χ1n) is 8.23. The quantitative estimate of drug-likeness (QED) is 0.549. The molecule has 0 fully saturated rings. The summed E-state index contributed by atoms with van der Waals surface area (Å²) < 4.78 is 14.7. The molecule has 0 aliphatic rings. The number of halogens is 1. The van der Waals surface area contributed by atoms with Gasteiger partial charge in [-0.1, -0.05) is 12.1 Å². The molecular weight excluding hydrogens is 351 g/mol. The molecule has 3 rings (SSSR count). The molecule has 8 heteroatoms. The van der Waals surface area contributed by atoms with E-state index in [1.54, 1.807) is 36.0 Å². The van der Waals surface area contributed by atoms with E-state index in [1.165, 1.54) is 30.3 Å². The van der Waals surface area contributed by atoms with Gasteiger partial charge in [0, 0.05) is 17.3 Å². The molecule has 1 aromatic heterocycles. The highest BCUT2D eigenvalue weighted by Gasteiger charge is 2.22. The third-order valence-corrected chi connectivity index (χ3v) is 4.28. The van der Waals surface area contributed by atoms with E-state index in [2.05, 4.69) is 10.4 Å². The number of nitrogens with one attached hydrogen (secondary N) is 1. The zero-order valence-corrected chi connectivity index (χ0v) is 14.7. The van der Waals surface area contributed by atoms with Crippen LogP contribution in [0, 0.1) is 22.9 Å². The highest BCUT2D eigenvalue weighted by Crippen LogP contribution is 2.22. The molecule has 3 aromatic rings. The van der Waals surface area contributed by atoms with Crippen LogP contribution >= 0.6 is 0 Å². The van der Waals surface area contributed by atoms with Crippen LogP contribution in [-0.4, -0.2) is 20.6 Å². The van der Waals surface area contributed by atoms with Gasteiger partial charge in [0.05, 0.1) is 22.8 Å². The molecule has 0 saturated carbocycles. The summed E-state index contributed by atoms with van der Waals surface area (Å²) in [7, 11) is 0. The van der Waals surface area contributed by atoms with Gasteiger partial charge in [-0.15, -0.1) is 0 Å². The Morgan fingerprint density at radius 1 is 1.22 bits per heavy atom. The second kappa shape index (κ2) is 7.36. The number of nitro benzene ring substituents is 1. The number of rotatable bonds is 5. The number of carbonyl (C=O) groups is 1. The lowest BCUT2D eigenvalue weighted by molar-refractivity contribution is -0.385. The normalized spacial score (nSPS) is 11.8. The number of aromatic nitrogens is 2. The van der Waals surface area contributed by atoms with Crippen molar-refractivity contribution in [2.24, 2.45) is 0 Å². The summed E-state index contributed by atoms with van der Waals surface area (Å²) in [6.07, 6.45) is 1.61. The average Bonchev–Trinajstić information content (AvgIpc) is 3.04. The fourth-order valence-electron chi connectivity index (χ4n) is 2.87. The first kappa shape index (κ1) is 18.2. The minimum Gasteiger partial charge on any atom is -0.345 e. The van der Waals surface area contributed by atoms with Crippen molar-refractivity contribution in [3.05, 3.63) is 87.5 Å². The molecule has 2 aromatic carbocycles. The van der Waals surface area contributed by atoms with Crippen molar-refractivity contribution in [1.29, 1.82) is 0 Å². The average molecular weight is 368 g/mol. The smallest absolute Gasteiger partial charge is 0.282 e. The zero-order valence-electron chi connectivity index (χ0n) is 14.7. The number of nitrogens with zero attached hydrogens (tertiary/aromatic N) is 3. The zero-order chi connectivity index (χ0) is 19.6. The number of para-hydroxylation sites is 1. The molecular formula is C19H17FN4O3. The van der Waals surface area contributed by atoms with Gasteiger partial charge in [-0.2, -0.15) is 5.10 Å². The lowest BCUT2D eigenvalue weighted by Gasteiger charge is -2.14. The fraction of sp³-hybridized carbons (Fsp3) is 0.158. The summed E-state index contributed by atoms with van der Waals surface area (Å²) in [5.74, 6) is -0.877. The number of nitro groups is 1. The molecule has 138 valence electrons. The molecule has 0 unspecified atom stereocenters. The monoisotopic (exact) mass is 368 g/mol. The Bertz CT molecular complexity index is 998. The predicted octanol–water partition coefficient (Wildman–Crippen LogP) is 3.72. The SMILES string of the molecule is Cc1c([C@@H](C)NC(=O)c2ccccc2[N+](=O)[O-])cnn1-c1ccc(F)cc1. The van der Waals surface area contributed by atoms with Crippen LogP contribution < -0.4 is 5.32 Å². The standard InChI is InChI=1S/C19H17FN4O3/c1-12(22-19(25)16-5-3-4-6-18(16)24(26)27)17-11-21-23(13(17)2)15-9-7-14(20)8-10-15/h3-12H,1-2H3,(H,22,25)/t12-/m1/s1. The number of benzene rings is 2. The highest BCUT2D eigenvalue weighted by molar-refractivity contribution is 5.98. The first-order chi connectivity index (χ1) is 12.9. The van der Waals surface area contributed by atoms with Crippen molar-refractivity contribution in [3.8, 4) is 5.69 Å². The van der Waals surface area contributed by atoms with Crippen LogP contribution in [-0.2, 0) is 0 Å². The second-order valence-electron chi connectivity index (χ2n) is 6.04. The minimum atomic E-state index is -0.586. The van der Waals surface area contributed by atoms with Crippen LogP contribution in [0.4, 0.5) is 10.1 Å². The number of carbonyl (C=O) groups excluding carboxylic acids is 1. The Hall–Kier alpha value is -3.55. The molecule has 0 radical (unpaired) electrons. The maximum absolute atomic E-state index is 13.1. The molecule has 1 amide bonds. The Morgan fingerprint density at radius 2 is 1.89 bits per heavy atom. The summed E-state index contributed by atoms with van der Waals surface area (Å²) in [6, 6.07) is 11.3. The molecule has 27 heavy (non-hydrogen) atoms. The molecule has 7 nitrogen and oxygen atoms in total. The molecule has 0 spiro atoms. The molecule has 0 bridgehead atoms. The summed E-state index contributed by atoms with van der Waals surface area (Å²) >= 11 is 0. The van der Waals surface area contributed by atoms with Crippen LogP contribution in [0.15, 0.2) is 54.7 Å². The number of hydrogen-bond donors (Lipinski definition) is 1. The van der Waals surface area contributed by atoms with Gasteiger partial charge in [0.25, 0.3) is 11.6 Å². The largest absolute Gasteiger partial charge is 0.345 e. The maximum atomic E-state index is 13.1. The Balaban J connectivity index is 1.83. The summed E-state index contributed by atoms with van der Waals surface area (Å²) in [5.41, 5.74) is 1.97. The van der Waals surface area contributed by atoms with Crippen LogP contribution in [0.3, 0.4) is 0 Å². The van der Waals surface area contributed by atoms with Gasteiger partial charge < -0.3 is 5.32 Å². The third kappa shape index (κ3) is 3.69. The minimum absolute atomic E-state index is 0.00192. The molecule has 1 N–H and O–H groups in total. The van der Waals surface area contributed by atoms with Crippen molar-refractivity contribution in [3.63, 3.8) is 0 Å². The van der Waals surface area contributed by atoms with E-state index in [0.717, 1.165) is 11.3 Å². The number of hydrogen-bond acceptors (Lipinski definition) is 4.